The number of benzene rings is 1. The molecule has 2 aliphatic carbocycles. The van der Waals surface area contributed by atoms with Gasteiger partial charge < -0.3 is 9.84 Å². The number of aliphatic hydroxyl groups excluding tert-OH is 1. The van der Waals surface area contributed by atoms with E-state index in [9.17, 15) is 14.7 Å². The van der Waals surface area contributed by atoms with Crippen LogP contribution in [-0.2, 0) is 20.7 Å². The molecule has 7 atom stereocenters. The van der Waals surface area contributed by atoms with Gasteiger partial charge in [-0.15, -0.1) is 0 Å². The maximum absolute atomic E-state index is 13.0. The number of hydrogen-bond acceptors (Lipinski definition) is 4. The quantitative estimate of drug-likeness (QED) is 0.435. The maximum atomic E-state index is 13.0. The summed E-state index contributed by atoms with van der Waals surface area (Å²) in [4.78, 5) is 24.7. The minimum atomic E-state index is -0.652. The number of Topliss-reactive ketones (excluding diaryl/α,β-unsaturated/α-hetero) is 1. The topological polar surface area (TPSA) is 63.6 Å². The molecule has 0 aromatic heterocycles. The molecule has 0 saturated heterocycles. The van der Waals surface area contributed by atoms with Crippen molar-refractivity contribution in [1.29, 1.82) is 0 Å². The van der Waals surface area contributed by atoms with E-state index in [2.05, 4.69) is 32.9 Å². The molecule has 1 aromatic rings. The average Bonchev–Trinajstić information content (AvgIpc) is 3.02. The Labute approximate surface area is 193 Å². The van der Waals surface area contributed by atoms with Gasteiger partial charge in [0.25, 0.3) is 0 Å². The summed E-state index contributed by atoms with van der Waals surface area (Å²) in [5.41, 5.74) is 1.20. The fourth-order valence-corrected chi connectivity index (χ4v) is 6.01. The summed E-state index contributed by atoms with van der Waals surface area (Å²) in [6.07, 6.45) is 8.03. The highest BCUT2D eigenvalue weighted by molar-refractivity contribution is 5.85. The van der Waals surface area contributed by atoms with Crippen LogP contribution in [0.25, 0.3) is 0 Å². The molecule has 4 heteroatoms. The zero-order valence-corrected chi connectivity index (χ0v) is 20.1. The molecule has 2 saturated carbocycles. The smallest absolute Gasteiger partial charge is 0.303 e. The van der Waals surface area contributed by atoms with E-state index in [0.29, 0.717) is 30.1 Å². The number of ether oxygens (including phenoxy) is 1. The van der Waals surface area contributed by atoms with Crippen molar-refractivity contribution in [1.82, 2.24) is 0 Å². The van der Waals surface area contributed by atoms with E-state index in [4.69, 9.17) is 4.74 Å². The molecule has 32 heavy (non-hydrogen) atoms. The lowest BCUT2D eigenvalue weighted by molar-refractivity contribution is -0.144. The lowest BCUT2D eigenvalue weighted by atomic mass is 9.63. The van der Waals surface area contributed by atoms with E-state index >= 15 is 0 Å². The molecule has 4 nitrogen and oxygen atoms in total. The average molecular weight is 441 g/mol. The fraction of sp³-hybridized carbons (Fsp3) is 0.643. The number of carbonyl (C=O) groups is 2. The molecule has 1 N–H and O–H groups in total. The lowest BCUT2D eigenvalue weighted by Crippen LogP contribution is -2.37. The Balaban J connectivity index is 1.77. The van der Waals surface area contributed by atoms with Crippen molar-refractivity contribution in [3.63, 3.8) is 0 Å². The number of rotatable bonds is 8. The summed E-state index contributed by atoms with van der Waals surface area (Å²) < 4.78 is 5.56. The first-order valence-electron chi connectivity index (χ1n) is 12.4. The Hall–Kier alpha value is -1.94. The zero-order chi connectivity index (χ0) is 23.3. The number of esters is 1. The predicted octanol–water partition coefficient (Wildman–Crippen LogP) is 5.38. The summed E-state index contributed by atoms with van der Waals surface area (Å²) in [5, 5.41) is 10.8. The minimum Gasteiger partial charge on any atom is -0.458 e. The van der Waals surface area contributed by atoms with Crippen molar-refractivity contribution >= 4 is 11.8 Å². The van der Waals surface area contributed by atoms with Gasteiger partial charge in [-0.25, -0.2) is 0 Å². The van der Waals surface area contributed by atoms with Gasteiger partial charge in [0.2, 0.25) is 0 Å². The van der Waals surface area contributed by atoms with Crippen LogP contribution in [0.5, 0.6) is 0 Å². The molecule has 0 bridgehead atoms. The van der Waals surface area contributed by atoms with Gasteiger partial charge in [0.05, 0.1) is 6.10 Å². The molecule has 1 aromatic carbocycles. The summed E-state index contributed by atoms with van der Waals surface area (Å²) in [6, 6.07) is 10.1. The van der Waals surface area contributed by atoms with Crippen LogP contribution in [0.2, 0.25) is 0 Å². The molecule has 0 aliphatic heterocycles. The highest BCUT2D eigenvalue weighted by Crippen LogP contribution is 2.48. The van der Waals surface area contributed by atoms with Crippen molar-refractivity contribution in [3.05, 3.63) is 48.0 Å². The SMILES string of the molecule is CC(=O)O[C@H](/C=C/[C@H]1[C@H](O)CC(=O)[C@@H]1C1C[C@H](C)CCC1C(C)C)CCc1ccccc1. The van der Waals surface area contributed by atoms with Gasteiger partial charge in [-0.3, -0.25) is 9.59 Å². The monoisotopic (exact) mass is 440 g/mol. The van der Waals surface area contributed by atoms with Crippen molar-refractivity contribution in [3.8, 4) is 0 Å². The molecule has 0 spiro atoms. The van der Waals surface area contributed by atoms with Crippen LogP contribution in [0.1, 0.15) is 65.4 Å². The van der Waals surface area contributed by atoms with E-state index in [0.717, 1.165) is 19.3 Å². The van der Waals surface area contributed by atoms with Crippen molar-refractivity contribution in [2.45, 2.75) is 78.4 Å². The first kappa shape index (κ1) is 24.7. The number of carbonyl (C=O) groups excluding carboxylic acids is 2. The molecule has 176 valence electrons. The third-order valence-corrected chi connectivity index (χ3v) is 7.60. The molecule has 0 amide bonds. The van der Waals surface area contributed by atoms with Gasteiger partial charge >= 0.3 is 5.97 Å². The standard InChI is InChI=1S/C28H40O4/c1-18(2)23-14-10-19(3)16-25(23)28-24(26(30)17-27(28)31)15-13-22(32-20(4)29)12-11-21-8-6-5-7-9-21/h5-9,13,15,18-19,22-26,28,30H,10-12,14,16-17H2,1-4H3/b15-13+/t19-,22+,23?,24+,25?,26-,28+/m1/s1. The second-order valence-electron chi connectivity index (χ2n) is 10.4. The first-order valence-corrected chi connectivity index (χ1v) is 12.4. The molecular formula is C28H40O4. The van der Waals surface area contributed by atoms with Crippen molar-refractivity contribution < 1.29 is 19.4 Å². The molecule has 0 heterocycles. The van der Waals surface area contributed by atoms with Gasteiger partial charge in [-0.2, -0.15) is 0 Å². The Bertz CT molecular complexity index is 784. The van der Waals surface area contributed by atoms with Crippen LogP contribution in [0.4, 0.5) is 0 Å². The third-order valence-electron chi connectivity index (χ3n) is 7.60. The Morgan fingerprint density at radius 2 is 1.94 bits per heavy atom. The molecule has 0 radical (unpaired) electrons. The summed E-state index contributed by atoms with van der Waals surface area (Å²) >= 11 is 0. The van der Waals surface area contributed by atoms with Gasteiger partial charge in [0.15, 0.2) is 0 Å². The summed E-state index contributed by atoms with van der Waals surface area (Å²) in [5.74, 6) is 1.53. The Kier molecular flexibility index (Phi) is 8.70. The molecule has 3 rings (SSSR count). The number of hydrogen-bond donors (Lipinski definition) is 1. The van der Waals surface area contributed by atoms with Crippen molar-refractivity contribution in [2.75, 3.05) is 0 Å². The third kappa shape index (κ3) is 6.31. The largest absolute Gasteiger partial charge is 0.458 e. The van der Waals surface area contributed by atoms with Crippen LogP contribution in [-0.4, -0.2) is 29.1 Å². The van der Waals surface area contributed by atoms with Gasteiger partial charge in [-0.1, -0.05) is 63.6 Å². The van der Waals surface area contributed by atoms with Gasteiger partial charge in [0, 0.05) is 25.2 Å². The lowest BCUT2D eigenvalue weighted by Gasteiger charge is -2.41. The van der Waals surface area contributed by atoms with Gasteiger partial charge in [-0.05, 0) is 61.0 Å². The molecular weight excluding hydrogens is 400 g/mol. The number of ketones is 1. The second-order valence-corrected chi connectivity index (χ2v) is 10.4. The molecule has 2 fully saturated rings. The van der Waals surface area contributed by atoms with E-state index < -0.39 is 6.10 Å². The summed E-state index contributed by atoms with van der Waals surface area (Å²) in [7, 11) is 0. The van der Waals surface area contributed by atoms with Crippen molar-refractivity contribution in [2.24, 2.45) is 35.5 Å². The van der Waals surface area contributed by atoms with E-state index in [1.54, 1.807) is 0 Å². The maximum Gasteiger partial charge on any atom is 0.303 e. The van der Waals surface area contributed by atoms with E-state index in [1.807, 2.05) is 30.4 Å². The Morgan fingerprint density at radius 1 is 1.22 bits per heavy atom. The van der Waals surface area contributed by atoms with Crippen LogP contribution >= 0.6 is 0 Å². The Morgan fingerprint density at radius 3 is 2.59 bits per heavy atom. The molecule has 2 unspecified atom stereocenters. The van der Waals surface area contributed by atoms with Crippen LogP contribution in [0.3, 0.4) is 0 Å². The van der Waals surface area contributed by atoms with E-state index in [-0.39, 0.29) is 36.1 Å². The number of aryl methyl sites for hydroxylation is 1. The minimum absolute atomic E-state index is 0.136. The van der Waals surface area contributed by atoms with Crippen LogP contribution < -0.4 is 0 Å². The van der Waals surface area contributed by atoms with Gasteiger partial charge in [0.1, 0.15) is 11.9 Å². The van der Waals surface area contributed by atoms with Crippen LogP contribution in [0, 0.1) is 35.5 Å². The zero-order valence-electron chi connectivity index (χ0n) is 20.1. The van der Waals surface area contributed by atoms with Crippen LogP contribution in [0.15, 0.2) is 42.5 Å². The highest BCUT2D eigenvalue weighted by Gasteiger charge is 2.48. The van der Waals surface area contributed by atoms with E-state index in [1.165, 1.54) is 18.9 Å². The first-order chi connectivity index (χ1) is 15.3. The normalized spacial score (nSPS) is 31.9. The molecule has 2 aliphatic rings. The highest BCUT2D eigenvalue weighted by atomic mass is 16.5. The second kappa shape index (κ2) is 11.3. The summed E-state index contributed by atoms with van der Waals surface area (Å²) in [6.45, 7) is 8.23. The fourth-order valence-electron chi connectivity index (χ4n) is 6.01. The number of aliphatic hydroxyl groups is 1. The predicted molar refractivity (Wildman–Crippen MR) is 127 cm³/mol.